The van der Waals surface area contributed by atoms with Crippen molar-refractivity contribution in [3.05, 3.63) is 24.0 Å². The van der Waals surface area contributed by atoms with E-state index in [1.54, 1.807) is 6.92 Å². The number of hydrogen-bond donors (Lipinski definition) is 1. The van der Waals surface area contributed by atoms with Crippen molar-refractivity contribution >= 4 is 5.69 Å². The highest BCUT2D eigenvalue weighted by Crippen LogP contribution is 2.17. The number of pyridine rings is 1. The number of rotatable bonds is 8. The quantitative estimate of drug-likeness (QED) is 0.766. The number of aliphatic hydroxyl groups is 1. The van der Waals surface area contributed by atoms with Gasteiger partial charge in [-0.1, -0.05) is 26.7 Å². The average molecular weight is 250 g/mol. The van der Waals surface area contributed by atoms with Gasteiger partial charge in [0.2, 0.25) is 0 Å². The zero-order chi connectivity index (χ0) is 13.4. The molecular weight excluding hydrogens is 224 g/mol. The van der Waals surface area contributed by atoms with Crippen LogP contribution in [0.1, 0.15) is 58.3 Å². The van der Waals surface area contributed by atoms with Crippen LogP contribution in [0.2, 0.25) is 0 Å². The second-order valence-corrected chi connectivity index (χ2v) is 4.81. The Hall–Kier alpha value is -1.09. The molecule has 0 spiro atoms. The van der Waals surface area contributed by atoms with E-state index in [1.807, 2.05) is 12.3 Å². The number of anilines is 1. The Bertz CT molecular complexity index is 314. The molecule has 0 amide bonds. The minimum Gasteiger partial charge on any atom is -0.387 e. The van der Waals surface area contributed by atoms with Crippen molar-refractivity contribution in [1.29, 1.82) is 0 Å². The van der Waals surface area contributed by atoms with Gasteiger partial charge in [-0.25, -0.2) is 0 Å². The molecule has 0 bridgehead atoms. The first-order valence-electron chi connectivity index (χ1n) is 7.08. The molecular formula is C15H26N2O. The van der Waals surface area contributed by atoms with Crippen LogP contribution in [0.4, 0.5) is 5.69 Å². The summed E-state index contributed by atoms with van der Waals surface area (Å²) in [6.45, 7) is 8.35. The summed E-state index contributed by atoms with van der Waals surface area (Å²) in [4.78, 5) is 6.72. The lowest BCUT2D eigenvalue weighted by atomic mass is 10.2. The average Bonchev–Trinajstić information content (AvgIpc) is 2.39. The molecule has 0 aliphatic heterocycles. The van der Waals surface area contributed by atoms with Crippen molar-refractivity contribution in [3.8, 4) is 0 Å². The third kappa shape index (κ3) is 4.65. The molecule has 0 fully saturated rings. The molecule has 0 aromatic carbocycles. The first-order chi connectivity index (χ1) is 8.69. The molecule has 3 heteroatoms. The van der Waals surface area contributed by atoms with Crippen LogP contribution in [0.25, 0.3) is 0 Å². The molecule has 1 aromatic heterocycles. The van der Waals surface area contributed by atoms with Crippen LogP contribution in [-0.4, -0.2) is 23.2 Å². The lowest BCUT2D eigenvalue weighted by molar-refractivity contribution is 0.194. The van der Waals surface area contributed by atoms with Gasteiger partial charge in [-0.3, -0.25) is 4.98 Å². The Labute approximate surface area is 111 Å². The molecule has 1 rings (SSSR count). The van der Waals surface area contributed by atoms with E-state index >= 15 is 0 Å². The second-order valence-electron chi connectivity index (χ2n) is 4.81. The lowest BCUT2D eigenvalue weighted by Crippen LogP contribution is -2.25. The van der Waals surface area contributed by atoms with Gasteiger partial charge in [-0.15, -0.1) is 0 Å². The predicted molar refractivity (Wildman–Crippen MR) is 76.9 cm³/mol. The molecule has 0 radical (unpaired) electrons. The fraction of sp³-hybridized carbons (Fsp3) is 0.667. The molecule has 0 aliphatic rings. The lowest BCUT2D eigenvalue weighted by Gasteiger charge is -2.24. The van der Waals surface area contributed by atoms with Gasteiger partial charge in [-0.05, 0) is 31.9 Å². The smallest absolute Gasteiger partial charge is 0.0931 e. The topological polar surface area (TPSA) is 36.4 Å². The number of aliphatic hydroxyl groups excluding tert-OH is 1. The van der Waals surface area contributed by atoms with Gasteiger partial charge in [0.1, 0.15) is 0 Å². The molecule has 0 aliphatic carbocycles. The van der Waals surface area contributed by atoms with Gasteiger partial charge in [0.25, 0.3) is 0 Å². The van der Waals surface area contributed by atoms with E-state index < -0.39 is 6.10 Å². The fourth-order valence-electron chi connectivity index (χ4n) is 1.90. The third-order valence-corrected chi connectivity index (χ3v) is 3.13. The number of unbranched alkanes of at least 4 members (excludes halogenated alkanes) is 2. The normalized spacial score (nSPS) is 12.4. The summed E-state index contributed by atoms with van der Waals surface area (Å²) in [6.07, 6.45) is 6.24. The van der Waals surface area contributed by atoms with E-state index in [4.69, 9.17) is 0 Å². The minimum absolute atomic E-state index is 0.487. The van der Waals surface area contributed by atoms with Crippen LogP contribution in [0.5, 0.6) is 0 Å². The van der Waals surface area contributed by atoms with E-state index in [1.165, 1.54) is 31.4 Å². The van der Waals surface area contributed by atoms with Gasteiger partial charge in [0, 0.05) is 13.1 Å². The predicted octanol–water partition coefficient (Wildman–Crippen LogP) is 3.54. The minimum atomic E-state index is -0.487. The zero-order valence-electron chi connectivity index (χ0n) is 11.9. The van der Waals surface area contributed by atoms with Crippen LogP contribution in [0, 0.1) is 0 Å². The van der Waals surface area contributed by atoms with Crippen LogP contribution in [0.15, 0.2) is 18.3 Å². The monoisotopic (exact) mass is 250 g/mol. The Kier molecular flexibility index (Phi) is 6.73. The molecule has 0 saturated carbocycles. The molecule has 0 unspecified atom stereocenters. The zero-order valence-corrected chi connectivity index (χ0v) is 11.9. The summed E-state index contributed by atoms with van der Waals surface area (Å²) in [6, 6.07) is 3.99. The third-order valence-electron chi connectivity index (χ3n) is 3.13. The van der Waals surface area contributed by atoms with Crippen molar-refractivity contribution in [2.45, 2.75) is 52.6 Å². The van der Waals surface area contributed by atoms with E-state index in [0.29, 0.717) is 0 Å². The maximum atomic E-state index is 9.46. The summed E-state index contributed by atoms with van der Waals surface area (Å²) in [5, 5.41) is 9.46. The molecule has 0 saturated heterocycles. The van der Waals surface area contributed by atoms with E-state index in [0.717, 1.165) is 18.8 Å². The molecule has 1 N–H and O–H groups in total. The van der Waals surface area contributed by atoms with Gasteiger partial charge < -0.3 is 10.0 Å². The van der Waals surface area contributed by atoms with Gasteiger partial charge >= 0.3 is 0 Å². The first kappa shape index (κ1) is 15.0. The Morgan fingerprint density at radius 1 is 1.17 bits per heavy atom. The first-order valence-corrected chi connectivity index (χ1v) is 7.08. The van der Waals surface area contributed by atoms with Crippen molar-refractivity contribution in [2.24, 2.45) is 0 Å². The molecule has 3 nitrogen and oxygen atoms in total. The summed E-state index contributed by atoms with van der Waals surface area (Å²) in [5.74, 6) is 0. The SMILES string of the molecule is CCCCN(CCCC)c1ccc([C@H](C)O)nc1. The van der Waals surface area contributed by atoms with Gasteiger partial charge in [-0.2, -0.15) is 0 Å². The molecule has 1 atom stereocenters. The van der Waals surface area contributed by atoms with Crippen molar-refractivity contribution < 1.29 is 5.11 Å². The Morgan fingerprint density at radius 2 is 1.78 bits per heavy atom. The highest BCUT2D eigenvalue weighted by molar-refractivity contribution is 5.44. The van der Waals surface area contributed by atoms with Crippen LogP contribution < -0.4 is 4.90 Å². The Balaban J connectivity index is 2.70. The molecule has 1 aromatic rings. The standard InChI is InChI=1S/C15H26N2O/c1-4-6-10-17(11-7-5-2)14-8-9-15(13(3)18)16-12-14/h8-9,12-13,18H,4-7,10-11H2,1-3H3/t13-/m0/s1. The maximum Gasteiger partial charge on any atom is 0.0931 e. The Morgan fingerprint density at radius 3 is 2.17 bits per heavy atom. The van der Waals surface area contributed by atoms with Crippen LogP contribution in [0.3, 0.4) is 0 Å². The number of hydrogen-bond acceptors (Lipinski definition) is 3. The van der Waals surface area contributed by atoms with Crippen molar-refractivity contribution in [2.75, 3.05) is 18.0 Å². The molecule has 102 valence electrons. The van der Waals surface area contributed by atoms with E-state index in [-0.39, 0.29) is 0 Å². The fourth-order valence-corrected chi connectivity index (χ4v) is 1.90. The van der Waals surface area contributed by atoms with Gasteiger partial charge in [0.05, 0.1) is 23.7 Å². The highest BCUT2D eigenvalue weighted by Gasteiger charge is 2.07. The van der Waals surface area contributed by atoms with Crippen LogP contribution in [-0.2, 0) is 0 Å². The van der Waals surface area contributed by atoms with Crippen molar-refractivity contribution in [1.82, 2.24) is 4.98 Å². The van der Waals surface area contributed by atoms with Crippen LogP contribution >= 0.6 is 0 Å². The second kappa shape index (κ2) is 8.09. The number of aromatic nitrogens is 1. The molecule has 1 heterocycles. The largest absolute Gasteiger partial charge is 0.387 e. The highest BCUT2D eigenvalue weighted by atomic mass is 16.3. The van der Waals surface area contributed by atoms with E-state index in [2.05, 4.69) is 29.8 Å². The van der Waals surface area contributed by atoms with Gasteiger partial charge in [0.15, 0.2) is 0 Å². The maximum absolute atomic E-state index is 9.46. The van der Waals surface area contributed by atoms with E-state index in [9.17, 15) is 5.11 Å². The molecule has 18 heavy (non-hydrogen) atoms. The summed E-state index contributed by atoms with van der Waals surface area (Å²) >= 11 is 0. The number of nitrogens with zero attached hydrogens (tertiary/aromatic N) is 2. The summed E-state index contributed by atoms with van der Waals surface area (Å²) in [5.41, 5.74) is 1.91. The summed E-state index contributed by atoms with van der Waals surface area (Å²) < 4.78 is 0. The van der Waals surface area contributed by atoms with Crippen molar-refractivity contribution in [3.63, 3.8) is 0 Å². The summed E-state index contributed by atoms with van der Waals surface area (Å²) in [7, 11) is 0.